The Labute approximate surface area is 151 Å². The summed E-state index contributed by atoms with van der Waals surface area (Å²) in [5.74, 6) is -0.111. The van der Waals surface area contributed by atoms with Gasteiger partial charge in [0.1, 0.15) is 5.82 Å². The second kappa shape index (κ2) is 8.49. The average Bonchev–Trinajstić information content (AvgIpc) is 2.66. The fourth-order valence-electron chi connectivity index (χ4n) is 2.53. The fraction of sp³-hybridized carbons (Fsp3) is 0.0952. The van der Waals surface area contributed by atoms with Crippen molar-refractivity contribution in [2.24, 2.45) is 0 Å². The van der Waals surface area contributed by atoms with Gasteiger partial charge in [-0.3, -0.25) is 4.79 Å². The first-order valence-corrected chi connectivity index (χ1v) is 9.04. The van der Waals surface area contributed by atoms with Crippen LogP contribution in [0.2, 0.25) is 0 Å². The van der Waals surface area contributed by atoms with Crippen LogP contribution in [0.25, 0.3) is 0 Å². The number of carbonyl (C=O) groups excluding carboxylic acids is 1. The smallest absolute Gasteiger partial charge is 0.234 e. The average molecular weight is 351 g/mol. The van der Waals surface area contributed by atoms with Gasteiger partial charge >= 0.3 is 0 Å². The molecule has 0 unspecified atom stereocenters. The number of nitrogens with one attached hydrogen (secondary N) is 1. The quantitative estimate of drug-likeness (QED) is 0.654. The minimum absolute atomic E-state index is 0.0846. The molecule has 3 rings (SSSR count). The van der Waals surface area contributed by atoms with Crippen molar-refractivity contribution in [3.63, 3.8) is 0 Å². The SMILES string of the molecule is O=C(CSC(c1ccccc1)c1ccccc1)Nc1ccc(F)cc1. The highest BCUT2D eigenvalue weighted by Gasteiger charge is 2.16. The highest BCUT2D eigenvalue weighted by molar-refractivity contribution is 8.00. The largest absolute Gasteiger partial charge is 0.325 e. The van der Waals surface area contributed by atoms with Crippen LogP contribution in [-0.4, -0.2) is 11.7 Å². The van der Waals surface area contributed by atoms with Crippen LogP contribution < -0.4 is 5.32 Å². The van der Waals surface area contributed by atoms with Gasteiger partial charge in [-0.05, 0) is 35.4 Å². The van der Waals surface area contributed by atoms with E-state index in [-0.39, 0.29) is 17.0 Å². The second-order valence-corrected chi connectivity index (χ2v) is 6.66. The van der Waals surface area contributed by atoms with Crippen molar-refractivity contribution in [3.05, 3.63) is 102 Å². The van der Waals surface area contributed by atoms with E-state index >= 15 is 0 Å². The lowest BCUT2D eigenvalue weighted by molar-refractivity contribution is -0.113. The zero-order valence-corrected chi connectivity index (χ0v) is 14.4. The highest BCUT2D eigenvalue weighted by atomic mass is 32.2. The first-order valence-electron chi connectivity index (χ1n) is 7.99. The lowest BCUT2D eigenvalue weighted by Gasteiger charge is -2.17. The molecule has 0 atom stereocenters. The Kier molecular flexibility index (Phi) is 5.86. The molecule has 3 aromatic carbocycles. The van der Waals surface area contributed by atoms with Crippen LogP contribution in [0.4, 0.5) is 10.1 Å². The van der Waals surface area contributed by atoms with Crippen LogP contribution in [0.1, 0.15) is 16.4 Å². The molecule has 0 bridgehead atoms. The molecule has 0 radical (unpaired) electrons. The molecule has 0 aliphatic rings. The summed E-state index contributed by atoms with van der Waals surface area (Å²) in [6.45, 7) is 0. The number of benzene rings is 3. The number of rotatable bonds is 6. The van der Waals surface area contributed by atoms with Gasteiger partial charge in [0.2, 0.25) is 5.91 Å². The third-order valence-corrected chi connectivity index (χ3v) is 5.02. The van der Waals surface area contributed by atoms with Crippen molar-refractivity contribution >= 4 is 23.4 Å². The van der Waals surface area contributed by atoms with Crippen molar-refractivity contribution in [1.29, 1.82) is 0 Å². The third-order valence-electron chi connectivity index (χ3n) is 3.71. The molecule has 1 N–H and O–H groups in total. The van der Waals surface area contributed by atoms with Crippen molar-refractivity contribution in [3.8, 4) is 0 Å². The maximum atomic E-state index is 12.9. The van der Waals surface area contributed by atoms with Crippen molar-refractivity contribution in [1.82, 2.24) is 0 Å². The van der Waals surface area contributed by atoms with E-state index in [0.717, 1.165) is 11.1 Å². The maximum absolute atomic E-state index is 12.9. The molecule has 0 saturated heterocycles. The molecule has 4 heteroatoms. The van der Waals surface area contributed by atoms with E-state index in [4.69, 9.17) is 0 Å². The van der Waals surface area contributed by atoms with E-state index in [1.54, 1.807) is 23.9 Å². The number of anilines is 1. The van der Waals surface area contributed by atoms with Crippen LogP contribution >= 0.6 is 11.8 Å². The third kappa shape index (κ3) is 4.94. The van der Waals surface area contributed by atoms with Crippen molar-refractivity contribution in [2.45, 2.75) is 5.25 Å². The van der Waals surface area contributed by atoms with Crippen LogP contribution in [0.5, 0.6) is 0 Å². The lowest BCUT2D eigenvalue weighted by atomic mass is 10.0. The van der Waals surface area contributed by atoms with Gasteiger partial charge in [0.15, 0.2) is 0 Å². The number of thioether (sulfide) groups is 1. The summed E-state index contributed by atoms with van der Waals surface area (Å²) < 4.78 is 12.9. The molecule has 0 heterocycles. The Hall–Kier alpha value is -2.59. The summed E-state index contributed by atoms with van der Waals surface area (Å²) in [7, 11) is 0. The minimum atomic E-state index is -0.319. The van der Waals surface area contributed by atoms with Crippen molar-refractivity contribution < 1.29 is 9.18 Å². The summed E-state index contributed by atoms with van der Waals surface area (Å²) in [6, 6.07) is 26.1. The summed E-state index contributed by atoms with van der Waals surface area (Å²) in [4.78, 5) is 12.2. The number of hydrogen-bond donors (Lipinski definition) is 1. The van der Waals surface area contributed by atoms with Gasteiger partial charge in [-0.15, -0.1) is 11.8 Å². The van der Waals surface area contributed by atoms with Gasteiger partial charge in [-0.2, -0.15) is 0 Å². The summed E-state index contributed by atoms with van der Waals surface area (Å²) >= 11 is 1.57. The standard InChI is InChI=1S/C21H18FNOS/c22-18-11-13-19(14-12-18)23-20(24)15-25-21(16-7-3-1-4-8-16)17-9-5-2-6-10-17/h1-14,21H,15H2,(H,23,24). The highest BCUT2D eigenvalue weighted by Crippen LogP contribution is 2.35. The number of carbonyl (C=O) groups is 1. The molecule has 0 aliphatic carbocycles. The summed E-state index contributed by atoms with van der Waals surface area (Å²) in [5.41, 5.74) is 2.92. The van der Waals surface area contributed by atoms with Gasteiger partial charge in [-0.1, -0.05) is 60.7 Å². The molecule has 0 aliphatic heterocycles. The fourth-order valence-corrected chi connectivity index (χ4v) is 3.62. The molecule has 126 valence electrons. The van der Waals surface area contributed by atoms with Gasteiger partial charge in [0.05, 0.1) is 11.0 Å². The van der Waals surface area contributed by atoms with E-state index in [0.29, 0.717) is 11.4 Å². The predicted molar refractivity (Wildman–Crippen MR) is 102 cm³/mol. The van der Waals surface area contributed by atoms with Crippen LogP contribution in [-0.2, 0) is 4.79 Å². The van der Waals surface area contributed by atoms with E-state index in [9.17, 15) is 9.18 Å². The first-order chi connectivity index (χ1) is 12.2. The Bertz CT molecular complexity index is 767. The van der Waals surface area contributed by atoms with Crippen LogP contribution in [0, 0.1) is 5.82 Å². The molecule has 0 aromatic heterocycles. The normalized spacial score (nSPS) is 10.6. The van der Waals surface area contributed by atoms with E-state index in [1.165, 1.54) is 12.1 Å². The molecule has 0 fully saturated rings. The Morgan fingerprint density at radius 1 is 0.840 bits per heavy atom. The first kappa shape index (κ1) is 17.2. The van der Waals surface area contributed by atoms with Crippen LogP contribution in [0.15, 0.2) is 84.9 Å². The zero-order valence-electron chi connectivity index (χ0n) is 13.6. The molecule has 0 spiro atoms. The minimum Gasteiger partial charge on any atom is -0.325 e. The number of halogens is 1. The molecular weight excluding hydrogens is 333 g/mol. The Morgan fingerprint density at radius 3 is 1.88 bits per heavy atom. The number of amides is 1. The van der Waals surface area contributed by atoms with E-state index in [2.05, 4.69) is 29.6 Å². The topological polar surface area (TPSA) is 29.1 Å². The Morgan fingerprint density at radius 2 is 1.36 bits per heavy atom. The molecule has 25 heavy (non-hydrogen) atoms. The monoisotopic (exact) mass is 351 g/mol. The van der Waals surface area contributed by atoms with E-state index < -0.39 is 0 Å². The molecule has 0 saturated carbocycles. The second-order valence-electron chi connectivity index (χ2n) is 5.57. The molecule has 1 amide bonds. The summed E-state index contributed by atoms with van der Waals surface area (Å²) in [5, 5.41) is 2.89. The van der Waals surface area contributed by atoms with Crippen LogP contribution in [0.3, 0.4) is 0 Å². The maximum Gasteiger partial charge on any atom is 0.234 e. The molecular formula is C21H18FNOS. The van der Waals surface area contributed by atoms with Gasteiger partial charge in [-0.25, -0.2) is 4.39 Å². The lowest BCUT2D eigenvalue weighted by Crippen LogP contribution is -2.15. The van der Waals surface area contributed by atoms with Gasteiger partial charge in [0.25, 0.3) is 0 Å². The number of hydrogen-bond acceptors (Lipinski definition) is 2. The van der Waals surface area contributed by atoms with E-state index in [1.807, 2.05) is 36.4 Å². The molecule has 2 nitrogen and oxygen atoms in total. The molecule has 3 aromatic rings. The van der Waals surface area contributed by atoms with Gasteiger partial charge < -0.3 is 5.32 Å². The van der Waals surface area contributed by atoms with Crippen molar-refractivity contribution in [2.75, 3.05) is 11.1 Å². The van der Waals surface area contributed by atoms with Gasteiger partial charge in [0, 0.05) is 5.69 Å². The summed E-state index contributed by atoms with van der Waals surface area (Å²) in [6.07, 6.45) is 0. The predicted octanol–water partition coefficient (Wildman–Crippen LogP) is 5.29. The zero-order chi connectivity index (χ0) is 17.5. The Balaban J connectivity index is 1.68.